The Kier molecular flexibility index (Phi) is 6.40. The lowest BCUT2D eigenvalue weighted by atomic mass is 9.93. The third-order valence-corrected chi connectivity index (χ3v) is 7.16. The van der Waals surface area contributed by atoms with Crippen molar-refractivity contribution in [2.75, 3.05) is 11.9 Å². The highest BCUT2D eigenvalue weighted by atomic mass is 16.5. The molecular formula is C32H28N4O3. The molecule has 0 bridgehead atoms. The van der Waals surface area contributed by atoms with Crippen molar-refractivity contribution in [2.24, 2.45) is 0 Å². The van der Waals surface area contributed by atoms with Gasteiger partial charge in [-0.25, -0.2) is 9.97 Å². The van der Waals surface area contributed by atoms with E-state index >= 15 is 0 Å². The molecule has 0 atom stereocenters. The van der Waals surface area contributed by atoms with Crippen LogP contribution in [0.15, 0.2) is 95.6 Å². The molecular weight excluding hydrogens is 488 g/mol. The number of carbonyl (C=O) groups is 1. The lowest BCUT2D eigenvalue weighted by Gasteiger charge is -2.14. The zero-order chi connectivity index (χ0) is 26.8. The first-order valence-corrected chi connectivity index (χ1v) is 13.1. The maximum Gasteiger partial charge on any atom is 0.316 e. The highest BCUT2D eigenvalue weighted by Gasteiger charge is 2.52. The van der Waals surface area contributed by atoms with Gasteiger partial charge in [-0.1, -0.05) is 84.0 Å². The highest BCUT2D eigenvalue weighted by Crippen LogP contribution is 2.49. The second-order valence-electron chi connectivity index (χ2n) is 9.69. The van der Waals surface area contributed by atoms with Gasteiger partial charge < -0.3 is 14.6 Å². The molecule has 1 aliphatic carbocycles. The standard InChI is InChI=1S/C32H28N4O3/c1-3-38-30(37)32(18-19-32)26-15-13-23(14-16-26)22-9-11-25(12-10-22)29-28(21(2)36-39-29)35-31-33-20-17-27(34-31)24-7-5-4-6-8-24/h4-17,20H,3,18-19H2,1-2H3,(H,33,34,35). The van der Waals surface area contributed by atoms with E-state index in [1.54, 1.807) is 6.20 Å². The normalized spacial score (nSPS) is 13.6. The van der Waals surface area contributed by atoms with Gasteiger partial charge in [0.1, 0.15) is 11.4 Å². The van der Waals surface area contributed by atoms with Crippen molar-refractivity contribution < 1.29 is 14.1 Å². The molecule has 0 radical (unpaired) electrons. The SMILES string of the molecule is CCOC(=O)C1(c2ccc(-c3ccc(-c4onc(C)c4Nc4nccc(-c5ccccc5)n4)cc3)cc2)CC1. The molecule has 3 aromatic carbocycles. The predicted molar refractivity (Wildman–Crippen MR) is 150 cm³/mol. The van der Waals surface area contributed by atoms with Crippen LogP contribution in [0.5, 0.6) is 0 Å². The summed E-state index contributed by atoms with van der Waals surface area (Å²) in [5.41, 5.74) is 6.87. The molecule has 1 fully saturated rings. The molecule has 7 heteroatoms. The maximum absolute atomic E-state index is 12.4. The van der Waals surface area contributed by atoms with E-state index in [4.69, 9.17) is 9.26 Å². The average Bonchev–Trinajstić information content (AvgIpc) is 3.73. The molecule has 194 valence electrons. The number of aromatic nitrogens is 3. The lowest BCUT2D eigenvalue weighted by Crippen LogP contribution is -2.23. The van der Waals surface area contributed by atoms with Crippen LogP contribution in [0, 0.1) is 6.92 Å². The van der Waals surface area contributed by atoms with Crippen LogP contribution in [0.1, 0.15) is 31.0 Å². The summed E-state index contributed by atoms with van der Waals surface area (Å²) in [6.45, 7) is 4.13. The van der Waals surface area contributed by atoms with Crippen molar-refractivity contribution in [3.05, 3.63) is 102 Å². The van der Waals surface area contributed by atoms with Crippen LogP contribution in [0.4, 0.5) is 11.6 Å². The minimum absolute atomic E-state index is 0.119. The number of nitrogens with one attached hydrogen (secondary N) is 1. The van der Waals surface area contributed by atoms with Crippen LogP contribution in [-0.2, 0) is 14.9 Å². The van der Waals surface area contributed by atoms with E-state index in [0.717, 1.165) is 52.0 Å². The summed E-state index contributed by atoms with van der Waals surface area (Å²) < 4.78 is 11.0. The minimum Gasteiger partial charge on any atom is -0.465 e. The number of rotatable bonds is 8. The second kappa shape index (κ2) is 10.2. The topological polar surface area (TPSA) is 90.1 Å². The Morgan fingerprint density at radius 3 is 2.23 bits per heavy atom. The summed E-state index contributed by atoms with van der Waals surface area (Å²) in [6.07, 6.45) is 3.42. The van der Waals surface area contributed by atoms with E-state index in [2.05, 4.69) is 44.7 Å². The molecule has 2 aromatic heterocycles. The van der Waals surface area contributed by atoms with Crippen molar-refractivity contribution >= 4 is 17.6 Å². The fraction of sp³-hybridized carbons (Fsp3) is 0.188. The molecule has 39 heavy (non-hydrogen) atoms. The van der Waals surface area contributed by atoms with Crippen LogP contribution in [-0.4, -0.2) is 27.7 Å². The Balaban J connectivity index is 1.22. The lowest BCUT2D eigenvalue weighted by molar-refractivity contribution is -0.146. The fourth-order valence-corrected chi connectivity index (χ4v) is 4.82. The van der Waals surface area contributed by atoms with Crippen LogP contribution in [0.25, 0.3) is 33.7 Å². The van der Waals surface area contributed by atoms with Gasteiger partial charge in [0, 0.05) is 17.3 Å². The van der Waals surface area contributed by atoms with Gasteiger partial charge in [0.15, 0.2) is 5.76 Å². The molecule has 1 N–H and O–H groups in total. The van der Waals surface area contributed by atoms with Crippen molar-refractivity contribution in [1.29, 1.82) is 0 Å². The maximum atomic E-state index is 12.4. The summed E-state index contributed by atoms with van der Waals surface area (Å²) in [5.74, 6) is 0.969. The molecule has 1 aliphatic rings. The fourth-order valence-electron chi connectivity index (χ4n) is 4.82. The Morgan fingerprint density at radius 1 is 0.897 bits per heavy atom. The van der Waals surface area contributed by atoms with Crippen LogP contribution in [0.3, 0.4) is 0 Å². The first-order valence-electron chi connectivity index (χ1n) is 13.1. The van der Waals surface area contributed by atoms with Crippen LogP contribution < -0.4 is 5.32 Å². The van der Waals surface area contributed by atoms with E-state index in [0.29, 0.717) is 24.0 Å². The number of hydrogen-bond acceptors (Lipinski definition) is 7. The third kappa shape index (κ3) is 4.79. The summed E-state index contributed by atoms with van der Waals surface area (Å²) in [6, 6.07) is 28.2. The number of carbonyl (C=O) groups excluding carboxylic acids is 1. The molecule has 7 nitrogen and oxygen atoms in total. The first kappa shape index (κ1) is 24.6. The predicted octanol–water partition coefficient (Wildman–Crippen LogP) is 7.11. The number of esters is 1. The van der Waals surface area contributed by atoms with Gasteiger partial charge in [-0.3, -0.25) is 4.79 Å². The van der Waals surface area contributed by atoms with Gasteiger partial charge in [-0.2, -0.15) is 0 Å². The molecule has 0 unspecified atom stereocenters. The van der Waals surface area contributed by atoms with E-state index in [9.17, 15) is 4.79 Å². The van der Waals surface area contributed by atoms with Gasteiger partial charge in [-0.05, 0) is 49.4 Å². The number of nitrogens with zero attached hydrogens (tertiary/aromatic N) is 3. The summed E-state index contributed by atoms with van der Waals surface area (Å²) >= 11 is 0. The van der Waals surface area contributed by atoms with Gasteiger partial charge in [0.2, 0.25) is 5.95 Å². The van der Waals surface area contributed by atoms with E-state index < -0.39 is 5.41 Å². The molecule has 1 saturated carbocycles. The number of hydrogen-bond donors (Lipinski definition) is 1. The molecule has 6 rings (SSSR count). The van der Waals surface area contributed by atoms with Gasteiger partial charge in [-0.15, -0.1) is 0 Å². The molecule has 0 aliphatic heterocycles. The Hall–Kier alpha value is -4.78. The Labute approximate surface area is 226 Å². The number of ether oxygens (including phenoxy) is 1. The molecule has 0 spiro atoms. The summed E-state index contributed by atoms with van der Waals surface area (Å²) in [5, 5.41) is 7.49. The Morgan fingerprint density at radius 2 is 1.56 bits per heavy atom. The first-order chi connectivity index (χ1) is 19.1. The third-order valence-electron chi connectivity index (χ3n) is 7.16. The molecule has 0 saturated heterocycles. The number of aryl methyl sites for hydroxylation is 1. The van der Waals surface area contributed by atoms with Crippen LogP contribution in [0.2, 0.25) is 0 Å². The van der Waals surface area contributed by atoms with Crippen molar-refractivity contribution in [2.45, 2.75) is 32.1 Å². The molecule has 2 heterocycles. The quantitative estimate of drug-likeness (QED) is 0.220. The zero-order valence-electron chi connectivity index (χ0n) is 21.8. The largest absolute Gasteiger partial charge is 0.465 e. The van der Waals surface area contributed by atoms with Gasteiger partial charge in [0.25, 0.3) is 0 Å². The van der Waals surface area contributed by atoms with Gasteiger partial charge in [0.05, 0.1) is 17.7 Å². The average molecular weight is 517 g/mol. The highest BCUT2D eigenvalue weighted by molar-refractivity contribution is 5.87. The summed E-state index contributed by atoms with van der Waals surface area (Å²) in [4.78, 5) is 21.5. The van der Waals surface area contributed by atoms with E-state index in [-0.39, 0.29) is 5.97 Å². The molecule has 0 amide bonds. The van der Waals surface area contributed by atoms with E-state index in [1.165, 1.54) is 0 Å². The molecule has 5 aromatic rings. The van der Waals surface area contributed by atoms with Crippen molar-refractivity contribution in [3.63, 3.8) is 0 Å². The van der Waals surface area contributed by atoms with Crippen molar-refractivity contribution in [3.8, 4) is 33.7 Å². The second-order valence-corrected chi connectivity index (χ2v) is 9.69. The Bertz CT molecular complexity index is 1610. The summed E-state index contributed by atoms with van der Waals surface area (Å²) in [7, 11) is 0. The minimum atomic E-state index is -0.462. The number of anilines is 2. The van der Waals surface area contributed by atoms with Gasteiger partial charge >= 0.3 is 5.97 Å². The zero-order valence-corrected chi connectivity index (χ0v) is 21.8. The smallest absolute Gasteiger partial charge is 0.316 e. The number of benzene rings is 3. The van der Waals surface area contributed by atoms with Crippen molar-refractivity contribution in [1.82, 2.24) is 15.1 Å². The van der Waals surface area contributed by atoms with E-state index in [1.807, 2.05) is 74.5 Å². The monoisotopic (exact) mass is 516 g/mol. The van der Waals surface area contributed by atoms with Crippen LogP contribution >= 0.6 is 0 Å².